The molecule has 0 bridgehead atoms. The second-order valence-electron chi connectivity index (χ2n) is 5.74. The third-order valence-corrected chi connectivity index (χ3v) is 4.04. The number of fused-ring (bicyclic) bond motifs is 1. The molecule has 0 unspecified atom stereocenters. The molecule has 2 heterocycles. The summed E-state index contributed by atoms with van der Waals surface area (Å²) in [6, 6.07) is 8.18. The first-order valence-electron chi connectivity index (χ1n) is 7.98. The summed E-state index contributed by atoms with van der Waals surface area (Å²) in [6.45, 7) is 8.18. The van der Waals surface area contributed by atoms with Gasteiger partial charge in [0.05, 0.1) is 11.2 Å². The number of nitrogens with two attached hydrogens (primary N) is 1. The molecule has 0 aliphatic heterocycles. The lowest BCUT2D eigenvalue weighted by Crippen LogP contribution is -2.03. The molecule has 0 amide bonds. The summed E-state index contributed by atoms with van der Waals surface area (Å²) < 4.78 is 1.79. The predicted molar refractivity (Wildman–Crippen MR) is 105 cm³/mol. The predicted octanol–water partition coefficient (Wildman–Crippen LogP) is 3.93. The molecule has 0 atom stereocenters. The number of nitrogen functional groups attached to an aromatic ring is 1. The number of aromatic nitrogens is 3. The van der Waals surface area contributed by atoms with Gasteiger partial charge in [-0.25, -0.2) is 0 Å². The summed E-state index contributed by atoms with van der Waals surface area (Å²) in [5, 5.41) is 8.57. The van der Waals surface area contributed by atoms with Crippen LogP contribution >= 0.6 is 0 Å². The summed E-state index contributed by atoms with van der Waals surface area (Å²) in [7, 11) is 1.89. The van der Waals surface area contributed by atoms with Crippen LogP contribution in [0.2, 0.25) is 0 Å². The van der Waals surface area contributed by atoms with Crippen molar-refractivity contribution in [2.45, 2.75) is 0 Å². The molecule has 126 valence electrons. The van der Waals surface area contributed by atoms with Crippen LogP contribution in [0.15, 0.2) is 73.6 Å². The van der Waals surface area contributed by atoms with Crippen molar-refractivity contribution >= 4 is 22.4 Å². The Morgan fingerprint density at radius 1 is 1.24 bits per heavy atom. The fraction of sp³-hybridized carbons (Fsp3) is 0.100. The Bertz CT molecular complexity index is 965. The Balaban J connectivity index is 1.88. The van der Waals surface area contributed by atoms with Crippen molar-refractivity contribution in [3.8, 4) is 11.1 Å². The third kappa shape index (κ3) is 3.45. The average molecular weight is 331 g/mol. The molecule has 2 aromatic heterocycles. The number of hydrogen-bond acceptors (Lipinski definition) is 4. The largest absolute Gasteiger partial charge is 0.382 e. The van der Waals surface area contributed by atoms with Crippen LogP contribution in [-0.2, 0) is 7.05 Å². The Labute approximate surface area is 147 Å². The van der Waals surface area contributed by atoms with Crippen molar-refractivity contribution in [1.29, 1.82) is 0 Å². The van der Waals surface area contributed by atoms with E-state index in [1.807, 2.05) is 37.5 Å². The van der Waals surface area contributed by atoms with Gasteiger partial charge in [-0.3, -0.25) is 9.67 Å². The van der Waals surface area contributed by atoms with E-state index in [0.29, 0.717) is 12.4 Å². The number of pyridine rings is 1. The highest BCUT2D eigenvalue weighted by Gasteiger charge is 2.08. The Morgan fingerprint density at radius 2 is 2.08 bits per heavy atom. The fourth-order valence-electron chi connectivity index (χ4n) is 2.71. The lowest BCUT2D eigenvalue weighted by molar-refractivity contribution is 0.802. The van der Waals surface area contributed by atoms with Crippen LogP contribution in [0.3, 0.4) is 0 Å². The van der Waals surface area contributed by atoms with E-state index in [2.05, 4.69) is 40.7 Å². The summed E-state index contributed by atoms with van der Waals surface area (Å²) in [5.74, 6) is 0.545. The topological polar surface area (TPSA) is 68.8 Å². The SMILES string of the molecule is C=C/C=C(\C=C)CNc1cncc(-c2ccc3c(N)nn(C)c3c2)c1. The normalized spacial score (nSPS) is 11.5. The Hall–Kier alpha value is -3.34. The zero-order chi connectivity index (χ0) is 17.8. The van der Waals surface area contributed by atoms with Gasteiger partial charge in [-0.15, -0.1) is 0 Å². The molecule has 0 spiro atoms. The molecular formula is C20H21N5. The molecule has 5 nitrogen and oxygen atoms in total. The Morgan fingerprint density at radius 3 is 2.84 bits per heavy atom. The van der Waals surface area contributed by atoms with E-state index in [0.717, 1.165) is 33.3 Å². The minimum Gasteiger partial charge on any atom is -0.382 e. The second kappa shape index (κ2) is 7.05. The van der Waals surface area contributed by atoms with Gasteiger partial charge in [0.15, 0.2) is 5.82 Å². The maximum absolute atomic E-state index is 5.92. The van der Waals surface area contributed by atoms with Crippen molar-refractivity contribution in [2.75, 3.05) is 17.6 Å². The molecule has 25 heavy (non-hydrogen) atoms. The zero-order valence-corrected chi connectivity index (χ0v) is 14.2. The van der Waals surface area contributed by atoms with Crippen LogP contribution in [0.5, 0.6) is 0 Å². The standard InChI is InChI=1S/C20H21N5/c1-4-6-14(5-2)11-23-17-9-16(12-22-13-17)15-7-8-18-19(10-15)25(3)24-20(18)21/h4-10,12-13,23H,1-2,11H2,3H3,(H2,21,24)/b14-6+. The molecule has 1 aromatic carbocycles. The average Bonchev–Trinajstić information content (AvgIpc) is 2.92. The molecule has 5 heteroatoms. The van der Waals surface area contributed by atoms with Gasteiger partial charge in [-0.05, 0) is 29.3 Å². The minimum atomic E-state index is 0.545. The number of aryl methyl sites for hydroxylation is 1. The molecule has 3 rings (SSSR count). The van der Waals surface area contributed by atoms with Crippen molar-refractivity contribution in [1.82, 2.24) is 14.8 Å². The molecule has 0 saturated heterocycles. The van der Waals surface area contributed by atoms with Crippen LogP contribution in [0.1, 0.15) is 0 Å². The Kier molecular flexibility index (Phi) is 4.66. The highest BCUT2D eigenvalue weighted by atomic mass is 15.3. The maximum Gasteiger partial charge on any atom is 0.153 e. The number of benzene rings is 1. The number of nitrogens with zero attached hydrogens (tertiary/aromatic N) is 3. The van der Waals surface area contributed by atoms with Crippen LogP contribution < -0.4 is 11.1 Å². The summed E-state index contributed by atoms with van der Waals surface area (Å²) in [6.07, 6.45) is 9.14. The van der Waals surface area contributed by atoms with E-state index in [4.69, 9.17) is 5.73 Å². The van der Waals surface area contributed by atoms with Crippen molar-refractivity contribution < 1.29 is 0 Å². The molecular weight excluding hydrogens is 310 g/mol. The first-order valence-corrected chi connectivity index (χ1v) is 7.98. The monoisotopic (exact) mass is 331 g/mol. The summed E-state index contributed by atoms with van der Waals surface area (Å²) in [5.41, 5.74) is 11.0. The van der Waals surface area contributed by atoms with Crippen molar-refractivity contribution in [3.63, 3.8) is 0 Å². The molecule has 3 aromatic rings. The van der Waals surface area contributed by atoms with Crippen LogP contribution in [-0.4, -0.2) is 21.3 Å². The van der Waals surface area contributed by atoms with E-state index in [-0.39, 0.29) is 0 Å². The highest BCUT2D eigenvalue weighted by Crippen LogP contribution is 2.27. The zero-order valence-electron chi connectivity index (χ0n) is 14.2. The molecule has 0 aliphatic rings. The van der Waals surface area contributed by atoms with Crippen LogP contribution in [0, 0.1) is 0 Å². The number of anilines is 2. The van der Waals surface area contributed by atoms with Gasteiger partial charge >= 0.3 is 0 Å². The van der Waals surface area contributed by atoms with E-state index in [1.54, 1.807) is 17.0 Å². The van der Waals surface area contributed by atoms with E-state index in [9.17, 15) is 0 Å². The summed E-state index contributed by atoms with van der Waals surface area (Å²) >= 11 is 0. The van der Waals surface area contributed by atoms with Gasteiger partial charge in [0.25, 0.3) is 0 Å². The number of allylic oxidation sites excluding steroid dienone is 2. The number of hydrogen-bond donors (Lipinski definition) is 2. The van der Waals surface area contributed by atoms with Gasteiger partial charge in [0.2, 0.25) is 0 Å². The quantitative estimate of drug-likeness (QED) is 0.672. The molecule has 0 saturated carbocycles. The van der Waals surface area contributed by atoms with Gasteiger partial charge in [0, 0.05) is 36.9 Å². The fourth-order valence-corrected chi connectivity index (χ4v) is 2.71. The van der Waals surface area contributed by atoms with Gasteiger partial charge in [-0.2, -0.15) is 5.10 Å². The molecule has 3 N–H and O–H groups in total. The van der Waals surface area contributed by atoms with Crippen LogP contribution in [0.4, 0.5) is 11.5 Å². The lowest BCUT2D eigenvalue weighted by atomic mass is 10.1. The molecule has 0 aliphatic carbocycles. The third-order valence-electron chi connectivity index (χ3n) is 4.04. The summed E-state index contributed by atoms with van der Waals surface area (Å²) in [4.78, 5) is 4.34. The maximum atomic E-state index is 5.92. The number of rotatable bonds is 6. The first kappa shape index (κ1) is 16.5. The van der Waals surface area contributed by atoms with Crippen molar-refractivity contribution in [2.24, 2.45) is 7.05 Å². The van der Waals surface area contributed by atoms with Gasteiger partial charge in [-0.1, -0.05) is 37.5 Å². The van der Waals surface area contributed by atoms with E-state index < -0.39 is 0 Å². The second-order valence-corrected chi connectivity index (χ2v) is 5.74. The van der Waals surface area contributed by atoms with Crippen molar-refractivity contribution in [3.05, 3.63) is 73.6 Å². The van der Waals surface area contributed by atoms with Gasteiger partial charge in [0.1, 0.15) is 0 Å². The van der Waals surface area contributed by atoms with E-state index >= 15 is 0 Å². The smallest absolute Gasteiger partial charge is 0.153 e. The highest BCUT2D eigenvalue weighted by molar-refractivity contribution is 5.92. The number of nitrogens with one attached hydrogen (secondary N) is 1. The molecule has 0 radical (unpaired) electrons. The van der Waals surface area contributed by atoms with Gasteiger partial charge < -0.3 is 11.1 Å². The molecule has 0 fully saturated rings. The minimum absolute atomic E-state index is 0.545. The lowest BCUT2D eigenvalue weighted by Gasteiger charge is -2.09. The van der Waals surface area contributed by atoms with Crippen LogP contribution in [0.25, 0.3) is 22.0 Å². The first-order chi connectivity index (χ1) is 12.1. The van der Waals surface area contributed by atoms with E-state index in [1.165, 1.54) is 0 Å².